The molecule has 1 amide bonds. The highest BCUT2D eigenvalue weighted by atomic mass is 16.6. The zero-order valence-electron chi connectivity index (χ0n) is 16.3. The number of nitrogens with one attached hydrogen (secondary N) is 2. The minimum atomic E-state index is -0.206. The highest BCUT2D eigenvalue weighted by Crippen LogP contribution is 2.11. The van der Waals surface area contributed by atoms with E-state index in [0.717, 1.165) is 64.6 Å². The van der Waals surface area contributed by atoms with E-state index in [4.69, 9.17) is 9.47 Å². The van der Waals surface area contributed by atoms with Gasteiger partial charge in [0, 0.05) is 45.4 Å². The molecule has 0 unspecified atom stereocenters. The number of piperidine rings is 1. The molecule has 1 saturated heterocycles. The van der Waals surface area contributed by atoms with Gasteiger partial charge in [-0.2, -0.15) is 0 Å². The lowest BCUT2D eigenvalue weighted by Crippen LogP contribution is -2.49. The standard InChI is InChI=1S/C18H36N4O3/c1-5-19-17(20-10-7-13-24-14-15(3)4)21-16-8-11-22(12-9-16)18(23)25-6-2/h15-16H,5-14H2,1-4H3,(H2,19,20,21). The molecule has 0 aromatic carbocycles. The van der Waals surface area contributed by atoms with Crippen LogP contribution in [0.15, 0.2) is 4.99 Å². The monoisotopic (exact) mass is 356 g/mol. The van der Waals surface area contributed by atoms with Crippen LogP contribution in [0.5, 0.6) is 0 Å². The van der Waals surface area contributed by atoms with E-state index in [1.165, 1.54) is 0 Å². The van der Waals surface area contributed by atoms with E-state index in [1.54, 1.807) is 4.90 Å². The molecule has 0 spiro atoms. The Morgan fingerprint density at radius 3 is 2.60 bits per heavy atom. The van der Waals surface area contributed by atoms with Crippen LogP contribution < -0.4 is 10.6 Å². The number of carbonyl (C=O) groups is 1. The Balaban J connectivity index is 2.30. The molecular formula is C18H36N4O3. The molecule has 1 rings (SSSR count). The molecule has 0 aromatic rings. The number of hydrogen-bond acceptors (Lipinski definition) is 4. The fraction of sp³-hybridized carbons (Fsp3) is 0.889. The molecule has 1 aliphatic heterocycles. The Kier molecular flexibility index (Phi) is 11.0. The summed E-state index contributed by atoms with van der Waals surface area (Å²) in [4.78, 5) is 18.1. The number of likely N-dealkylation sites (tertiary alicyclic amines) is 1. The summed E-state index contributed by atoms with van der Waals surface area (Å²) in [5.74, 6) is 1.42. The molecule has 1 heterocycles. The van der Waals surface area contributed by atoms with E-state index < -0.39 is 0 Å². The summed E-state index contributed by atoms with van der Waals surface area (Å²) in [6, 6.07) is 0.334. The summed E-state index contributed by atoms with van der Waals surface area (Å²) in [6.07, 6.45) is 2.52. The number of amides is 1. The van der Waals surface area contributed by atoms with Crippen molar-refractivity contribution in [1.29, 1.82) is 0 Å². The smallest absolute Gasteiger partial charge is 0.409 e. The van der Waals surface area contributed by atoms with E-state index >= 15 is 0 Å². The summed E-state index contributed by atoms with van der Waals surface area (Å²) in [7, 11) is 0. The molecule has 1 aliphatic rings. The van der Waals surface area contributed by atoms with Crippen LogP contribution >= 0.6 is 0 Å². The normalized spacial score (nSPS) is 16.2. The van der Waals surface area contributed by atoms with Crippen molar-refractivity contribution in [2.24, 2.45) is 10.9 Å². The second kappa shape index (κ2) is 12.8. The maximum absolute atomic E-state index is 11.7. The molecule has 0 saturated carbocycles. The summed E-state index contributed by atoms with van der Waals surface area (Å²) in [5, 5.41) is 6.76. The van der Waals surface area contributed by atoms with Crippen molar-refractivity contribution >= 4 is 12.1 Å². The topological polar surface area (TPSA) is 75.2 Å². The SMILES string of the molecule is CCNC(=NCCCOCC(C)C)NC1CCN(C(=O)OCC)CC1. The summed E-state index contributed by atoms with van der Waals surface area (Å²) >= 11 is 0. The number of hydrogen-bond donors (Lipinski definition) is 2. The van der Waals surface area contributed by atoms with Crippen molar-refractivity contribution in [2.45, 2.75) is 53.0 Å². The second-order valence-electron chi connectivity index (χ2n) is 6.69. The van der Waals surface area contributed by atoms with E-state index in [2.05, 4.69) is 36.4 Å². The van der Waals surface area contributed by atoms with Gasteiger partial charge in [0.05, 0.1) is 6.61 Å². The largest absolute Gasteiger partial charge is 0.450 e. The van der Waals surface area contributed by atoms with Gasteiger partial charge in [-0.15, -0.1) is 0 Å². The van der Waals surface area contributed by atoms with Gasteiger partial charge in [-0.25, -0.2) is 4.79 Å². The zero-order chi connectivity index (χ0) is 18.5. The summed E-state index contributed by atoms with van der Waals surface area (Å²) in [5.41, 5.74) is 0. The van der Waals surface area contributed by atoms with Crippen molar-refractivity contribution in [1.82, 2.24) is 15.5 Å². The average Bonchev–Trinajstić information content (AvgIpc) is 2.58. The lowest BCUT2D eigenvalue weighted by Gasteiger charge is -2.32. The van der Waals surface area contributed by atoms with Gasteiger partial charge < -0.3 is 25.0 Å². The Morgan fingerprint density at radius 1 is 1.28 bits per heavy atom. The Morgan fingerprint density at radius 2 is 2.00 bits per heavy atom. The Bertz CT molecular complexity index is 394. The predicted octanol–water partition coefficient (Wildman–Crippen LogP) is 2.23. The minimum absolute atomic E-state index is 0.206. The van der Waals surface area contributed by atoms with Crippen LogP contribution in [-0.2, 0) is 9.47 Å². The Hall–Kier alpha value is -1.50. The van der Waals surface area contributed by atoms with E-state index in [9.17, 15) is 4.79 Å². The van der Waals surface area contributed by atoms with E-state index in [0.29, 0.717) is 18.6 Å². The summed E-state index contributed by atoms with van der Waals surface area (Å²) in [6.45, 7) is 13.2. The van der Waals surface area contributed by atoms with Crippen LogP contribution in [0.25, 0.3) is 0 Å². The molecule has 2 N–H and O–H groups in total. The van der Waals surface area contributed by atoms with Crippen LogP contribution in [0.2, 0.25) is 0 Å². The zero-order valence-corrected chi connectivity index (χ0v) is 16.3. The lowest BCUT2D eigenvalue weighted by atomic mass is 10.1. The first-order chi connectivity index (χ1) is 12.1. The fourth-order valence-corrected chi connectivity index (χ4v) is 2.61. The number of carbonyl (C=O) groups excluding carboxylic acids is 1. The highest BCUT2D eigenvalue weighted by Gasteiger charge is 2.23. The second-order valence-corrected chi connectivity index (χ2v) is 6.69. The highest BCUT2D eigenvalue weighted by molar-refractivity contribution is 5.80. The fourth-order valence-electron chi connectivity index (χ4n) is 2.61. The van der Waals surface area contributed by atoms with Crippen molar-refractivity contribution in [3.63, 3.8) is 0 Å². The Labute approximate surface area is 152 Å². The third-order valence-electron chi connectivity index (χ3n) is 3.87. The number of nitrogens with zero attached hydrogens (tertiary/aromatic N) is 2. The quantitative estimate of drug-likeness (QED) is 0.376. The number of guanidine groups is 1. The van der Waals surface area contributed by atoms with Gasteiger partial charge in [-0.05, 0) is 39.0 Å². The average molecular weight is 357 g/mol. The molecule has 1 fully saturated rings. The molecule has 7 heteroatoms. The maximum atomic E-state index is 11.7. The van der Waals surface area contributed by atoms with Crippen molar-refractivity contribution < 1.29 is 14.3 Å². The van der Waals surface area contributed by atoms with Gasteiger partial charge in [0.25, 0.3) is 0 Å². The first-order valence-corrected chi connectivity index (χ1v) is 9.61. The third kappa shape index (κ3) is 9.53. The van der Waals surface area contributed by atoms with Crippen LogP contribution in [0.3, 0.4) is 0 Å². The van der Waals surface area contributed by atoms with Crippen LogP contribution in [0.4, 0.5) is 4.79 Å². The van der Waals surface area contributed by atoms with Crippen molar-refractivity contribution in [3.8, 4) is 0 Å². The van der Waals surface area contributed by atoms with E-state index in [-0.39, 0.29) is 6.09 Å². The number of ether oxygens (including phenoxy) is 2. The van der Waals surface area contributed by atoms with E-state index in [1.807, 2.05) is 6.92 Å². The van der Waals surface area contributed by atoms with Gasteiger partial charge in [-0.3, -0.25) is 4.99 Å². The molecule has 7 nitrogen and oxygen atoms in total. The van der Waals surface area contributed by atoms with Crippen LogP contribution in [0.1, 0.15) is 47.0 Å². The number of aliphatic imine (C=N–C) groups is 1. The third-order valence-corrected chi connectivity index (χ3v) is 3.87. The van der Waals surface area contributed by atoms with Gasteiger partial charge >= 0.3 is 6.09 Å². The molecule has 146 valence electrons. The first kappa shape index (κ1) is 21.5. The van der Waals surface area contributed by atoms with Gasteiger partial charge in [-0.1, -0.05) is 13.8 Å². The van der Waals surface area contributed by atoms with Crippen molar-refractivity contribution in [3.05, 3.63) is 0 Å². The maximum Gasteiger partial charge on any atom is 0.409 e. The van der Waals surface area contributed by atoms with Gasteiger partial charge in [0.2, 0.25) is 0 Å². The van der Waals surface area contributed by atoms with Crippen molar-refractivity contribution in [2.75, 3.05) is 46.0 Å². The first-order valence-electron chi connectivity index (χ1n) is 9.61. The molecule has 0 atom stereocenters. The molecule has 25 heavy (non-hydrogen) atoms. The molecule has 0 bridgehead atoms. The van der Waals surface area contributed by atoms with Crippen LogP contribution in [0, 0.1) is 5.92 Å². The molecular weight excluding hydrogens is 320 g/mol. The molecule has 0 aliphatic carbocycles. The number of rotatable bonds is 9. The molecule has 0 aromatic heterocycles. The predicted molar refractivity (Wildman–Crippen MR) is 101 cm³/mol. The van der Waals surface area contributed by atoms with Gasteiger partial charge in [0.1, 0.15) is 0 Å². The summed E-state index contributed by atoms with van der Waals surface area (Å²) < 4.78 is 10.6. The minimum Gasteiger partial charge on any atom is -0.450 e. The lowest BCUT2D eigenvalue weighted by molar-refractivity contribution is 0.0963. The van der Waals surface area contributed by atoms with Gasteiger partial charge in [0.15, 0.2) is 5.96 Å². The molecule has 0 radical (unpaired) electrons. The van der Waals surface area contributed by atoms with Crippen LogP contribution in [-0.4, -0.2) is 69.0 Å².